The minimum Gasteiger partial charge on any atom is -0.307 e. The lowest BCUT2D eigenvalue weighted by Crippen LogP contribution is -2.35. The van der Waals surface area contributed by atoms with Gasteiger partial charge < -0.3 is 5.32 Å². The molecule has 1 heterocycles. The molecule has 1 saturated carbocycles. The Morgan fingerprint density at radius 1 is 1.11 bits per heavy atom. The van der Waals surface area contributed by atoms with Crippen LogP contribution in [0.5, 0.6) is 0 Å². The summed E-state index contributed by atoms with van der Waals surface area (Å²) >= 11 is 2.10. The topological polar surface area (TPSA) is 12.0 Å². The number of hydrogen-bond acceptors (Lipinski definition) is 2. The largest absolute Gasteiger partial charge is 0.307 e. The van der Waals surface area contributed by atoms with Crippen molar-refractivity contribution in [1.82, 2.24) is 5.32 Å². The van der Waals surface area contributed by atoms with Crippen molar-refractivity contribution < 1.29 is 0 Å². The van der Waals surface area contributed by atoms with E-state index in [0.29, 0.717) is 6.04 Å². The highest BCUT2D eigenvalue weighted by atomic mass is 32.2. The second kappa shape index (κ2) is 4.53. The van der Waals surface area contributed by atoms with Crippen molar-refractivity contribution in [2.24, 2.45) is 5.92 Å². The number of rotatable bonds is 2. The molecule has 3 unspecified atom stereocenters. The van der Waals surface area contributed by atoms with Crippen LogP contribution in [0, 0.1) is 5.92 Å². The first-order chi connectivity index (χ1) is 9.22. The molecule has 102 valence electrons. The molecule has 2 aliphatic carbocycles. The van der Waals surface area contributed by atoms with Crippen molar-refractivity contribution in [2.75, 3.05) is 0 Å². The standard InChI is InChI=1S/C17H23NS/c1-10-11(2)19-16-9-13-5-3-4-12(13)8-15(16)17(10)18-14-6-7-14/h8-11,14,17-18H,3-7H2,1-2H3. The van der Waals surface area contributed by atoms with E-state index in [1.807, 2.05) is 0 Å². The van der Waals surface area contributed by atoms with Crippen LogP contribution in [-0.2, 0) is 12.8 Å². The highest BCUT2D eigenvalue weighted by molar-refractivity contribution is 8.00. The molecule has 1 aromatic rings. The monoisotopic (exact) mass is 273 g/mol. The second-order valence-corrected chi connectivity index (χ2v) is 8.03. The average molecular weight is 273 g/mol. The van der Waals surface area contributed by atoms with E-state index in [2.05, 4.69) is 43.1 Å². The molecule has 1 nitrogen and oxygen atoms in total. The van der Waals surface area contributed by atoms with Gasteiger partial charge >= 0.3 is 0 Å². The van der Waals surface area contributed by atoms with Crippen LogP contribution in [0.15, 0.2) is 17.0 Å². The predicted molar refractivity (Wildman–Crippen MR) is 81.8 cm³/mol. The molecule has 2 heteroatoms. The van der Waals surface area contributed by atoms with Gasteiger partial charge in [-0.1, -0.05) is 19.9 Å². The molecular formula is C17H23NS. The zero-order valence-electron chi connectivity index (χ0n) is 11.9. The average Bonchev–Trinajstić information content (AvgIpc) is 3.10. The summed E-state index contributed by atoms with van der Waals surface area (Å²) in [5.74, 6) is 0.734. The summed E-state index contributed by atoms with van der Waals surface area (Å²) in [5, 5.41) is 4.63. The molecule has 1 aliphatic heterocycles. The molecule has 3 aliphatic rings. The fraction of sp³-hybridized carbons (Fsp3) is 0.647. The van der Waals surface area contributed by atoms with Gasteiger partial charge in [0.05, 0.1) is 0 Å². The third-order valence-corrected chi connectivity index (χ3v) is 6.54. The summed E-state index contributed by atoms with van der Waals surface area (Å²) in [6, 6.07) is 6.42. The fourth-order valence-electron chi connectivity index (χ4n) is 3.57. The Hall–Kier alpha value is -0.470. The maximum absolute atomic E-state index is 3.91. The molecular weight excluding hydrogens is 250 g/mol. The van der Waals surface area contributed by atoms with Gasteiger partial charge in [-0.25, -0.2) is 0 Å². The Bertz CT molecular complexity index is 506. The van der Waals surface area contributed by atoms with E-state index in [4.69, 9.17) is 0 Å². The van der Waals surface area contributed by atoms with Crippen LogP contribution in [0.2, 0.25) is 0 Å². The first-order valence-corrected chi connectivity index (χ1v) is 8.69. The quantitative estimate of drug-likeness (QED) is 0.870. The van der Waals surface area contributed by atoms with E-state index in [1.165, 1.54) is 32.1 Å². The molecule has 0 saturated heterocycles. The number of aryl methyl sites for hydroxylation is 2. The number of thioether (sulfide) groups is 1. The van der Waals surface area contributed by atoms with Crippen molar-refractivity contribution >= 4 is 11.8 Å². The fourth-order valence-corrected chi connectivity index (χ4v) is 4.88. The van der Waals surface area contributed by atoms with Gasteiger partial charge in [0.15, 0.2) is 0 Å². The first-order valence-electron chi connectivity index (χ1n) is 7.81. The van der Waals surface area contributed by atoms with Gasteiger partial charge in [-0.15, -0.1) is 11.8 Å². The van der Waals surface area contributed by atoms with Crippen LogP contribution in [0.4, 0.5) is 0 Å². The third-order valence-electron chi connectivity index (χ3n) is 5.13. The Morgan fingerprint density at radius 2 is 1.84 bits per heavy atom. The maximum atomic E-state index is 3.91. The van der Waals surface area contributed by atoms with Crippen molar-refractivity contribution in [3.8, 4) is 0 Å². The minimum atomic E-state index is 0.588. The lowest BCUT2D eigenvalue weighted by Gasteiger charge is -2.37. The van der Waals surface area contributed by atoms with Gasteiger partial charge in [0, 0.05) is 22.2 Å². The SMILES string of the molecule is CC1Sc2cc3c(cc2C(NC2CC2)C1C)CCC3. The van der Waals surface area contributed by atoms with Crippen molar-refractivity contribution in [3.05, 3.63) is 28.8 Å². The van der Waals surface area contributed by atoms with Gasteiger partial charge in [-0.3, -0.25) is 0 Å². The normalized spacial score (nSPS) is 33.1. The summed E-state index contributed by atoms with van der Waals surface area (Å²) in [6.45, 7) is 4.82. The van der Waals surface area contributed by atoms with E-state index in [0.717, 1.165) is 17.2 Å². The molecule has 1 fully saturated rings. The van der Waals surface area contributed by atoms with Gasteiger partial charge in [0.25, 0.3) is 0 Å². The molecule has 19 heavy (non-hydrogen) atoms. The summed E-state index contributed by atoms with van der Waals surface area (Å²) in [4.78, 5) is 1.56. The Morgan fingerprint density at radius 3 is 2.58 bits per heavy atom. The molecule has 0 amide bonds. The van der Waals surface area contributed by atoms with Crippen LogP contribution < -0.4 is 5.32 Å². The molecule has 0 spiro atoms. The second-order valence-electron chi connectivity index (χ2n) is 6.61. The molecule has 0 radical (unpaired) electrons. The number of hydrogen-bond donors (Lipinski definition) is 1. The zero-order valence-corrected chi connectivity index (χ0v) is 12.7. The zero-order chi connectivity index (χ0) is 13.0. The molecule has 4 rings (SSSR count). The van der Waals surface area contributed by atoms with Crippen LogP contribution in [0.25, 0.3) is 0 Å². The summed E-state index contributed by atoms with van der Waals surface area (Å²) in [6.07, 6.45) is 6.71. The van der Waals surface area contributed by atoms with E-state index in [-0.39, 0.29) is 0 Å². The predicted octanol–water partition coefficient (Wildman–Crippen LogP) is 4.10. The molecule has 1 N–H and O–H groups in total. The Kier molecular flexibility index (Phi) is 2.93. The number of benzene rings is 1. The van der Waals surface area contributed by atoms with Crippen molar-refractivity contribution in [2.45, 2.75) is 68.2 Å². The van der Waals surface area contributed by atoms with Crippen LogP contribution in [0.3, 0.4) is 0 Å². The maximum Gasteiger partial charge on any atom is 0.0370 e. The number of nitrogens with one attached hydrogen (secondary N) is 1. The van der Waals surface area contributed by atoms with E-state index in [9.17, 15) is 0 Å². The lowest BCUT2D eigenvalue weighted by atomic mass is 9.89. The van der Waals surface area contributed by atoms with E-state index >= 15 is 0 Å². The smallest absolute Gasteiger partial charge is 0.0370 e. The molecule has 0 bridgehead atoms. The van der Waals surface area contributed by atoms with Crippen LogP contribution in [-0.4, -0.2) is 11.3 Å². The van der Waals surface area contributed by atoms with Crippen LogP contribution in [0.1, 0.15) is 55.8 Å². The molecule has 1 aromatic carbocycles. The van der Waals surface area contributed by atoms with Crippen molar-refractivity contribution in [3.63, 3.8) is 0 Å². The molecule has 3 atom stereocenters. The first kappa shape index (κ1) is 12.3. The van der Waals surface area contributed by atoms with Gasteiger partial charge in [-0.05, 0) is 60.8 Å². The summed E-state index contributed by atoms with van der Waals surface area (Å²) < 4.78 is 0. The van der Waals surface area contributed by atoms with Gasteiger partial charge in [-0.2, -0.15) is 0 Å². The van der Waals surface area contributed by atoms with Crippen LogP contribution >= 0.6 is 11.8 Å². The van der Waals surface area contributed by atoms with Gasteiger partial charge in [0.1, 0.15) is 0 Å². The van der Waals surface area contributed by atoms with Crippen molar-refractivity contribution in [1.29, 1.82) is 0 Å². The summed E-state index contributed by atoms with van der Waals surface area (Å²) in [5.41, 5.74) is 4.85. The summed E-state index contributed by atoms with van der Waals surface area (Å²) in [7, 11) is 0. The van der Waals surface area contributed by atoms with E-state index < -0.39 is 0 Å². The third kappa shape index (κ3) is 2.13. The Balaban J connectivity index is 1.75. The minimum absolute atomic E-state index is 0.588. The lowest BCUT2D eigenvalue weighted by molar-refractivity contribution is 0.369. The highest BCUT2D eigenvalue weighted by Crippen LogP contribution is 2.47. The van der Waals surface area contributed by atoms with E-state index in [1.54, 1.807) is 21.6 Å². The van der Waals surface area contributed by atoms with Gasteiger partial charge in [0.2, 0.25) is 0 Å². The number of fused-ring (bicyclic) bond motifs is 2. The molecule has 0 aromatic heterocycles. The Labute approximate surface area is 120 Å². The highest BCUT2D eigenvalue weighted by Gasteiger charge is 2.36.